The van der Waals surface area contributed by atoms with E-state index >= 15 is 0 Å². The van der Waals surface area contributed by atoms with Gasteiger partial charge in [-0.05, 0) is 31.0 Å². The predicted octanol–water partition coefficient (Wildman–Crippen LogP) is 3.70. The maximum Gasteiger partial charge on any atom is 0.263 e. The molecule has 2 aromatic heterocycles. The normalized spacial score (nSPS) is 12.3. The molecule has 0 aliphatic rings. The van der Waals surface area contributed by atoms with E-state index < -0.39 is 17.7 Å². The molecule has 0 saturated carbocycles. The molecule has 0 spiro atoms. The molecule has 0 bridgehead atoms. The van der Waals surface area contributed by atoms with Crippen LogP contribution in [0, 0.1) is 17.6 Å². The quantitative estimate of drug-likeness (QED) is 0.455. The highest BCUT2D eigenvalue weighted by Crippen LogP contribution is 2.20. The van der Waals surface area contributed by atoms with Gasteiger partial charge in [-0.25, -0.2) is 18.7 Å². The molecule has 1 unspecified atom stereocenters. The second-order valence-corrected chi connectivity index (χ2v) is 8.26. The molecule has 0 radical (unpaired) electrons. The van der Waals surface area contributed by atoms with Crippen LogP contribution in [0.25, 0.3) is 11.0 Å². The van der Waals surface area contributed by atoms with Crippen LogP contribution in [0.3, 0.4) is 0 Å². The zero-order chi connectivity index (χ0) is 21.8. The summed E-state index contributed by atoms with van der Waals surface area (Å²) in [6.07, 6.45) is 1.56. The average Bonchev–Trinajstić information content (AvgIpc) is 2.68. The number of nitrogens with one attached hydrogen (secondary N) is 1. The van der Waals surface area contributed by atoms with E-state index in [0.717, 1.165) is 23.9 Å². The number of halogens is 2. The van der Waals surface area contributed by atoms with Crippen molar-refractivity contribution in [2.75, 3.05) is 5.75 Å². The minimum atomic E-state index is -0.719. The Kier molecular flexibility index (Phi) is 6.81. The minimum Gasteiger partial charge on any atom is -0.349 e. The van der Waals surface area contributed by atoms with Gasteiger partial charge in [0.05, 0.1) is 17.2 Å². The largest absolute Gasteiger partial charge is 0.349 e. The van der Waals surface area contributed by atoms with Gasteiger partial charge in [-0.15, -0.1) is 0 Å². The topological polar surface area (TPSA) is 76.9 Å². The Morgan fingerprint density at radius 1 is 1.23 bits per heavy atom. The van der Waals surface area contributed by atoms with Crippen LogP contribution >= 0.6 is 11.8 Å². The molecule has 6 nitrogen and oxygen atoms in total. The molecule has 2 heterocycles. The molecular formula is C21H22F2N4O2S. The monoisotopic (exact) mass is 432 g/mol. The number of carbonyl (C=O) groups excluding carboxylic acids is 1. The molecule has 0 aliphatic heterocycles. The number of pyridine rings is 1. The van der Waals surface area contributed by atoms with Gasteiger partial charge in [0.15, 0.2) is 10.8 Å². The Morgan fingerprint density at radius 3 is 2.70 bits per heavy atom. The van der Waals surface area contributed by atoms with E-state index in [1.54, 1.807) is 29.8 Å². The molecule has 9 heteroatoms. The summed E-state index contributed by atoms with van der Waals surface area (Å²) in [5.41, 5.74) is 0.318. The second-order valence-electron chi connectivity index (χ2n) is 7.32. The number of nitrogens with zero attached hydrogens (tertiary/aromatic N) is 3. The van der Waals surface area contributed by atoms with Crippen LogP contribution in [0.5, 0.6) is 0 Å². The Morgan fingerprint density at radius 2 is 2.00 bits per heavy atom. The highest BCUT2D eigenvalue weighted by Gasteiger charge is 2.17. The van der Waals surface area contributed by atoms with Crippen molar-refractivity contribution in [1.29, 1.82) is 0 Å². The Bertz CT molecular complexity index is 1130. The molecule has 3 aromatic rings. The van der Waals surface area contributed by atoms with Crippen molar-refractivity contribution >= 4 is 28.7 Å². The van der Waals surface area contributed by atoms with E-state index in [-0.39, 0.29) is 28.7 Å². The third-order valence-corrected chi connectivity index (χ3v) is 5.36. The molecule has 0 aliphatic carbocycles. The smallest absolute Gasteiger partial charge is 0.263 e. The third-order valence-electron chi connectivity index (χ3n) is 4.38. The lowest BCUT2D eigenvalue weighted by Gasteiger charge is -2.16. The van der Waals surface area contributed by atoms with Crippen LogP contribution < -0.4 is 10.9 Å². The lowest BCUT2D eigenvalue weighted by molar-refractivity contribution is -0.119. The number of benzene rings is 1. The number of carbonyl (C=O) groups is 1. The summed E-state index contributed by atoms with van der Waals surface area (Å²) in [7, 11) is 0. The summed E-state index contributed by atoms with van der Waals surface area (Å²) in [4.78, 5) is 33.9. The van der Waals surface area contributed by atoms with Gasteiger partial charge in [0.25, 0.3) is 5.56 Å². The summed E-state index contributed by atoms with van der Waals surface area (Å²) < 4.78 is 28.6. The van der Waals surface area contributed by atoms with Crippen LogP contribution in [-0.4, -0.2) is 26.2 Å². The van der Waals surface area contributed by atoms with Crippen LogP contribution in [0.4, 0.5) is 8.78 Å². The van der Waals surface area contributed by atoms with Crippen LogP contribution in [0.1, 0.15) is 32.4 Å². The highest BCUT2D eigenvalue weighted by atomic mass is 32.2. The van der Waals surface area contributed by atoms with E-state index in [1.165, 1.54) is 6.07 Å². The number of rotatable bonds is 7. The van der Waals surface area contributed by atoms with E-state index in [2.05, 4.69) is 15.3 Å². The van der Waals surface area contributed by atoms with Crippen molar-refractivity contribution in [2.45, 2.75) is 38.5 Å². The Balaban J connectivity index is 1.77. The molecule has 3 rings (SSSR count). The zero-order valence-corrected chi connectivity index (χ0v) is 17.7. The minimum absolute atomic E-state index is 0.0178. The Labute approximate surface area is 176 Å². The van der Waals surface area contributed by atoms with Crippen molar-refractivity contribution in [3.8, 4) is 0 Å². The van der Waals surface area contributed by atoms with Crippen LogP contribution in [-0.2, 0) is 11.3 Å². The second kappa shape index (κ2) is 9.34. The summed E-state index contributed by atoms with van der Waals surface area (Å²) in [5, 5.41) is 3.51. The standard InChI is InChI=1S/C21H22F2N4O2S/c1-12(2)10-27-20(29)16-5-4-8-24-19(16)26-21(27)30-11-18(28)25-13(3)15-7-6-14(22)9-17(15)23/h4-9,12-13H,10-11H2,1-3H3,(H,25,28). The van der Waals surface area contributed by atoms with Gasteiger partial charge >= 0.3 is 0 Å². The first-order chi connectivity index (χ1) is 14.3. The fraction of sp³-hybridized carbons (Fsp3) is 0.333. The lowest BCUT2D eigenvalue weighted by Crippen LogP contribution is -2.30. The fourth-order valence-corrected chi connectivity index (χ4v) is 3.82. The number of hydrogen-bond donors (Lipinski definition) is 1. The first kappa shape index (κ1) is 21.9. The van der Waals surface area contributed by atoms with Crippen molar-refractivity contribution in [3.63, 3.8) is 0 Å². The average molecular weight is 432 g/mol. The van der Waals surface area contributed by atoms with Crippen molar-refractivity contribution in [2.24, 2.45) is 5.92 Å². The van der Waals surface area contributed by atoms with Crippen LogP contribution in [0.2, 0.25) is 0 Å². The van der Waals surface area contributed by atoms with Gasteiger partial charge in [0.2, 0.25) is 5.91 Å². The molecule has 30 heavy (non-hydrogen) atoms. The Hall–Kier alpha value is -2.81. The summed E-state index contributed by atoms with van der Waals surface area (Å²) in [6, 6.07) is 5.95. The molecular weight excluding hydrogens is 410 g/mol. The summed E-state index contributed by atoms with van der Waals surface area (Å²) in [6.45, 7) is 6.05. The van der Waals surface area contributed by atoms with Gasteiger partial charge < -0.3 is 5.32 Å². The van der Waals surface area contributed by atoms with E-state index in [4.69, 9.17) is 0 Å². The van der Waals surface area contributed by atoms with Gasteiger partial charge in [-0.3, -0.25) is 14.2 Å². The maximum atomic E-state index is 13.9. The first-order valence-electron chi connectivity index (χ1n) is 9.49. The molecule has 1 amide bonds. The number of amides is 1. The highest BCUT2D eigenvalue weighted by molar-refractivity contribution is 7.99. The molecule has 0 fully saturated rings. The van der Waals surface area contributed by atoms with Crippen molar-refractivity contribution < 1.29 is 13.6 Å². The van der Waals surface area contributed by atoms with E-state index in [0.29, 0.717) is 22.7 Å². The number of aromatic nitrogens is 3. The van der Waals surface area contributed by atoms with Gasteiger partial charge in [-0.1, -0.05) is 31.7 Å². The summed E-state index contributed by atoms with van der Waals surface area (Å²) >= 11 is 1.12. The molecule has 1 N–H and O–H groups in total. The van der Waals surface area contributed by atoms with Gasteiger partial charge in [0.1, 0.15) is 11.6 Å². The molecule has 1 atom stereocenters. The summed E-state index contributed by atoms with van der Waals surface area (Å²) in [5.74, 6) is -1.57. The zero-order valence-electron chi connectivity index (χ0n) is 16.9. The molecule has 0 saturated heterocycles. The van der Waals surface area contributed by atoms with Crippen LogP contribution in [0.15, 0.2) is 46.5 Å². The SMILES string of the molecule is CC(C)Cn1c(SCC(=O)NC(C)c2ccc(F)cc2F)nc2ncccc2c1=O. The lowest BCUT2D eigenvalue weighted by atomic mass is 10.1. The predicted molar refractivity (Wildman–Crippen MR) is 112 cm³/mol. The molecule has 1 aromatic carbocycles. The third kappa shape index (κ3) is 5.02. The van der Waals surface area contributed by atoms with Gasteiger partial charge in [0, 0.05) is 24.4 Å². The first-order valence-corrected chi connectivity index (χ1v) is 10.5. The van der Waals surface area contributed by atoms with Crippen molar-refractivity contribution in [3.05, 3.63) is 64.1 Å². The van der Waals surface area contributed by atoms with Crippen molar-refractivity contribution in [1.82, 2.24) is 19.9 Å². The molecule has 158 valence electrons. The maximum absolute atomic E-state index is 13.9. The number of hydrogen-bond acceptors (Lipinski definition) is 5. The number of thioether (sulfide) groups is 1. The van der Waals surface area contributed by atoms with E-state index in [9.17, 15) is 18.4 Å². The number of fused-ring (bicyclic) bond motifs is 1. The van der Waals surface area contributed by atoms with E-state index in [1.807, 2.05) is 13.8 Å². The fourth-order valence-electron chi connectivity index (χ4n) is 3.02. The van der Waals surface area contributed by atoms with Gasteiger partial charge in [-0.2, -0.15) is 0 Å².